The molecule has 166 valence electrons. The molecule has 4 aromatic rings. The highest BCUT2D eigenvalue weighted by molar-refractivity contribution is 5.70. The lowest BCUT2D eigenvalue weighted by molar-refractivity contribution is 0.352. The first-order chi connectivity index (χ1) is 16.2. The minimum Gasteiger partial charge on any atom is -0.493 e. The number of nitrogens with one attached hydrogen (secondary N) is 1. The molecule has 0 aromatic heterocycles. The summed E-state index contributed by atoms with van der Waals surface area (Å²) in [6.07, 6.45) is 1.94. The van der Waals surface area contributed by atoms with Crippen LogP contribution in [0.25, 0.3) is 22.3 Å². The Hall–Kier alpha value is -3.56. The van der Waals surface area contributed by atoms with E-state index in [-0.39, 0.29) is 6.04 Å². The van der Waals surface area contributed by atoms with Crippen molar-refractivity contribution in [3.63, 3.8) is 0 Å². The van der Waals surface area contributed by atoms with E-state index in [1.165, 1.54) is 38.9 Å². The number of fused-ring (bicyclic) bond motifs is 1. The number of benzene rings is 4. The van der Waals surface area contributed by atoms with Crippen LogP contribution < -0.4 is 14.8 Å². The molecule has 33 heavy (non-hydrogen) atoms. The zero-order valence-electron chi connectivity index (χ0n) is 19.2. The molecule has 3 nitrogen and oxygen atoms in total. The molecule has 1 atom stereocenters. The second-order valence-electron chi connectivity index (χ2n) is 8.51. The van der Waals surface area contributed by atoms with Gasteiger partial charge in [0.15, 0.2) is 11.5 Å². The molecule has 0 bridgehead atoms. The molecule has 5 rings (SSSR count). The maximum atomic E-state index is 5.55. The van der Waals surface area contributed by atoms with Crippen LogP contribution in [0.5, 0.6) is 11.5 Å². The predicted octanol–water partition coefficient (Wildman–Crippen LogP) is 6.47. The maximum absolute atomic E-state index is 5.55. The van der Waals surface area contributed by atoms with E-state index in [0.717, 1.165) is 30.9 Å². The van der Waals surface area contributed by atoms with Crippen molar-refractivity contribution < 1.29 is 9.47 Å². The molecule has 0 saturated heterocycles. The SMILES string of the molecule is COc1cc2c(cc1OC)[C@@H](Cc1ccc(-c3ccc(-c4ccccc4)cc3)cc1)NCC2. The third-order valence-electron chi connectivity index (χ3n) is 6.52. The Labute approximate surface area is 196 Å². The number of hydrogen-bond acceptors (Lipinski definition) is 3. The van der Waals surface area contributed by atoms with Gasteiger partial charge in [-0.05, 0) is 70.5 Å². The second kappa shape index (κ2) is 9.51. The molecule has 0 spiro atoms. The van der Waals surface area contributed by atoms with Gasteiger partial charge in [-0.15, -0.1) is 0 Å². The first kappa shape index (κ1) is 21.3. The van der Waals surface area contributed by atoms with Gasteiger partial charge in [-0.2, -0.15) is 0 Å². The van der Waals surface area contributed by atoms with Gasteiger partial charge in [-0.3, -0.25) is 0 Å². The molecule has 0 radical (unpaired) electrons. The third kappa shape index (κ3) is 4.50. The molecule has 1 N–H and O–H groups in total. The Morgan fingerprint density at radius 2 is 1.24 bits per heavy atom. The van der Waals surface area contributed by atoms with Crippen LogP contribution in [0, 0.1) is 0 Å². The van der Waals surface area contributed by atoms with Gasteiger partial charge in [0, 0.05) is 6.04 Å². The fraction of sp³-hybridized carbons (Fsp3) is 0.200. The quantitative estimate of drug-likeness (QED) is 0.377. The van der Waals surface area contributed by atoms with Crippen LogP contribution >= 0.6 is 0 Å². The summed E-state index contributed by atoms with van der Waals surface area (Å²) in [6, 6.07) is 32.8. The first-order valence-corrected chi connectivity index (χ1v) is 11.5. The van der Waals surface area contributed by atoms with Crippen LogP contribution in [0.4, 0.5) is 0 Å². The molecule has 0 fully saturated rings. The average Bonchev–Trinajstić information content (AvgIpc) is 2.89. The summed E-state index contributed by atoms with van der Waals surface area (Å²) in [4.78, 5) is 0. The molecule has 1 aliphatic rings. The highest BCUT2D eigenvalue weighted by Gasteiger charge is 2.22. The van der Waals surface area contributed by atoms with Crippen molar-refractivity contribution in [1.29, 1.82) is 0 Å². The van der Waals surface area contributed by atoms with E-state index in [0.29, 0.717) is 0 Å². The van der Waals surface area contributed by atoms with E-state index in [1.807, 2.05) is 6.07 Å². The lowest BCUT2D eigenvalue weighted by Crippen LogP contribution is -2.31. The van der Waals surface area contributed by atoms with E-state index < -0.39 is 0 Å². The Kier molecular flexibility index (Phi) is 6.14. The van der Waals surface area contributed by atoms with E-state index >= 15 is 0 Å². The van der Waals surface area contributed by atoms with Crippen LogP contribution in [0.2, 0.25) is 0 Å². The van der Waals surface area contributed by atoms with Crippen molar-refractivity contribution in [3.8, 4) is 33.8 Å². The van der Waals surface area contributed by atoms with Crippen LogP contribution in [0.15, 0.2) is 91.0 Å². The molecule has 3 heteroatoms. The zero-order chi connectivity index (χ0) is 22.6. The Morgan fingerprint density at radius 1 is 0.697 bits per heavy atom. The van der Waals surface area contributed by atoms with Gasteiger partial charge in [0.1, 0.15) is 0 Å². The summed E-state index contributed by atoms with van der Waals surface area (Å²) >= 11 is 0. The summed E-state index contributed by atoms with van der Waals surface area (Å²) in [5.74, 6) is 1.60. The fourth-order valence-corrected chi connectivity index (χ4v) is 4.71. The topological polar surface area (TPSA) is 30.5 Å². The van der Waals surface area contributed by atoms with Gasteiger partial charge in [0.2, 0.25) is 0 Å². The molecule has 0 aliphatic carbocycles. The molecule has 1 aliphatic heterocycles. The van der Waals surface area contributed by atoms with Gasteiger partial charge < -0.3 is 14.8 Å². The summed E-state index contributed by atoms with van der Waals surface area (Å²) in [7, 11) is 3.39. The molecule has 0 saturated carbocycles. The Bertz CT molecular complexity index is 1210. The summed E-state index contributed by atoms with van der Waals surface area (Å²) in [6.45, 7) is 0.971. The minimum absolute atomic E-state index is 0.268. The lowest BCUT2D eigenvalue weighted by atomic mass is 9.89. The molecular weight excluding hydrogens is 406 g/mol. The first-order valence-electron chi connectivity index (χ1n) is 11.5. The third-order valence-corrected chi connectivity index (χ3v) is 6.52. The highest BCUT2D eigenvalue weighted by Crippen LogP contribution is 2.36. The van der Waals surface area contributed by atoms with E-state index in [9.17, 15) is 0 Å². The van der Waals surface area contributed by atoms with Crippen molar-refractivity contribution >= 4 is 0 Å². The molecule has 0 unspecified atom stereocenters. The van der Waals surface area contributed by atoms with Crippen LogP contribution in [0.3, 0.4) is 0 Å². The minimum atomic E-state index is 0.268. The zero-order valence-corrected chi connectivity index (χ0v) is 19.2. The second-order valence-corrected chi connectivity index (χ2v) is 8.51. The smallest absolute Gasteiger partial charge is 0.161 e. The summed E-state index contributed by atoms with van der Waals surface area (Å²) in [5, 5.41) is 3.68. The summed E-state index contributed by atoms with van der Waals surface area (Å²) < 4.78 is 11.0. The van der Waals surface area contributed by atoms with E-state index in [1.54, 1.807) is 14.2 Å². The molecular formula is C30H29NO2. The Balaban J connectivity index is 1.33. The molecule has 1 heterocycles. The predicted molar refractivity (Wildman–Crippen MR) is 135 cm³/mol. The number of methoxy groups -OCH3 is 2. The van der Waals surface area contributed by atoms with Crippen molar-refractivity contribution in [3.05, 3.63) is 108 Å². The van der Waals surface area contributed by atoms with Gasteiger partial charge in [0.05, 0.1) is 14.2 Å². The van der Waals surface area contributed by atoms with Crippen molar-refractivity contribution in [2.45, 2.75) is 18.9 Å². The van der Waals surface area contributed by atoms with E-state index in [2.05, 4.69) is 90.2 Å². The Morgan fingerprint density at radius 3 is 1.85 bits per heavy atom. The van der Waals surface area contributed by atoms with Gasteiger partial charge in [-0.25, -0.2) is 0 Å². The normalized spacial score (nSPS) is 15.0. The van der Waals surface area contributed by atoms with Gasteiger partial charge >= 0.3 is 0 Å². The molecule has 4 aromatic carbocycles. The standard InChI is InChI=1S/C30H29NO2/c1-32-29-19-26-16-17-31-28(27(26)20-30(29)33-2)18-21-8-10-23(11-9-21)25-14-12-24(13-15-25)22-6-4-3-5-7-22/h3-15,19-20,28,31H,16-18H2,1-2H3/t28-/m1/s1. The highest BCUT2D eigenvalue weighted by atomic mass is 16.5. The average molecular weight is 436 g/mol. The van der Waals surface area contributed by atoms with Crippen LogP contribution in [-0.2, 0) is 12.8 Å². The van der Waals surface area contributed by atoms with Crippen LogP contribution in [-0.4, -0.2) is 20.8 Å². The van der Waals surface area contributed by atoms with Crippen molar-refractivity contribution in [2.75, 3.05) is 20.8 Å². The molecule has 0 amide bonds. The van der Waals surface area contributed by atoms with E-state index in [4.69, 9.17) is 9.47 Å². The maximum Gasteiger partial charge on any atom is 0.161 e. The van der Waals surface area contributed by atoms with Gasteiger partial charge in [-0.1, -0.05) is 78.9 Å². The van der Waals surface area contributed by atoms with Crippen LogP contribution in [0.1, 0.15) is 22.7 Å². The number of ether oxygens (including phenoxy) is 2. The van der Waals surface area contributed by atoms with Crippen molar-refractivity contribution in [1.82, 2.24) is 5.32 Å². The van der Waals surface area contributed by atoms with Crippen molar-refractivity contribution in [2.24, 2.45) is 0 Å². The largest absolute Gasteiger partial charge is 0.493 e. The van der Waals surface area contributed by atoms with Gasteiger partial charge in [0.25, 0.3) is 0 Å². The number of rotatable bonds is 6. The lowest BCUT2D eigenvalue weighted by Gasteiger charge is -2.28. The monoisotopic (exact) mass is 435 g/mol. The summed E-state index contributed by atoms with van der Waals surface area (Å²) in [5.41, 5.74) is 8.92. The number of hydrogen-bond donors (Lipinski definition) is 1. The fourth-order valence-electron chi connectivity index (χ4n) is 4.71.